The van der Waals surface area contributed by atoms with Crippen LogP contribution in [0.5, 0.6) is 0 Å². The van der Waals surface area contributed by atoms with E-state index >= 15 is 0 Å². The molecule has 9 heteroatoms. The topological polar surface area (TPSA) is 91.2 Å². The maximum absolute atomic E-state index is 13.3. The van der Waals surface area contributed by atoms with Gasteiger partial charge in [0.2, 0.25) is 0 Å². The van der Waals surface area contributed by atoms with Crippen LogP contribution in [0, 0.1) is 11.6 Å². The Kier molecular flexibility index (Phi) is 5.53. The van der Waals surface area contributed by atoms with Crippen molar-refractivity contribution in [3.05, 3.63) is 56.2 Å². The third-order valence-corrected chi connectivity index (χ3v) is 4.16. The van der Waals surface area contributed by atoms with Gasteiger partial charge < -0.3 is 16.2 Å². The highest BCUT2D eigenvalue weighted by Gasteiger charge is 2.22. The SMILES string of the molecule is NC(=O)O[C@@H](Cc1cc(F)cc(F)c1)c1nc(Br)c(N)cc1Br. The summed E-state index contributed by atoms with van der Waals surface area (Å²) in [7, 11) is 0. The number of rotatable bonds is 4. The number of primary amides is 1. The quantitative estimate of drug-likeness (QED) is 0.692. The van der Waals surface area contributed by atoms with Crippen LogP contribution in [0.15, 0.2) is 33.3 Å². The molecule has 0 radical (unpaired) electrons. The third-order valence-electron chi connectivity index (χ3n) is 2.89. The number of hydrogen-bond acceptors (Lipinski definition) is 4. The predicted molar refractivity (Wildman–Crippen MR) is 87.5 cm³/mol. The number of benzene rings is 1. The summed E-state index contributed by atoms with van der Waals surface area (Å²) in [4.78, 5) is 15.3. The molecule has 0 saturated carbocycles. The van der Waals surface area contributed by atoms with E-state index in [1.54, 1.807) is 6.07 Å². The number of nitrogens with two attached hydrogens (primary N) is 2. The van der Waals surface area contributed by atoms with Crippen molar-refractivity contribution in [2.75, 3.05) is 5.73 Å². The van der Waals surface area contributed by atoms with Crippen LogP contribution in [0.2, 0.25) is 0 Å². The van der Waals surface area contributed by atoms with Crippen molar-refractivity contribution < 1.29 is 18.3 Å². The minimum atomic E-state index is -1.03. The molecule has 0 fully saturated rings. The van der Waals surface area contributed by atoms with Crippen LogP contribution >= 0.6 is 31.9 Å². The standard InChI is InChI=1S/C14H11Br2F2N3O2/c15-9-5-10(19)13(16)21-12(9)11(23-14(20)22)3-6-1-7(17)4-8(18)2-6/h1-2,4-5,11H,3,19H2,(H2,20,22)/t11-/m0/s1. The summed E-state index contributed by atoms with van der Waals surface area (Å²) in [5.74, 6) is -1.47. The number of carbonyl (C=O) groups excluding carboxylic acids is 1. The van der Waals surface area contributed by atoms with Crippen LogP contribution in [0.3, 0.4) is 0 Å². The van der Waals surface area contributed by atoms with E-state index in [-0.39, 0.29) is 12.0 Å². The number of ether oxygens (including phenoxy) is 1. The zero-order valence-corrected chi connectivity index (χ0v) is 14.7. The van der Waals surface area contributed by atoms with E-state index in [0.717, 1.165) is 18.2 Å². The second-order valence-electron chi connectivity index (χ2n) is 4.64. The Balaban J connectivity index is 2.41. The second kappa shape index (κ2) is 7.22. The Bertz CT molecular complexity index is 739. The smallest absolute Gasteiger partial charge is 0.405 e. The summed E-state index contributed by atoms with van der Waals surface area (Å²) in [6, 6.07) is 4.60. The fourth-order valence-corrected chi connectivity index (χ4v) is 2.89. The summed E-state index contributed by atoms with van der Waals surface area (Å²) in [6.45, 7) is 0. The first-order valence-corrected chi connectivity index (χ1v) is 7.87. The normalized spacial score (nSPS) is 12.0. The number of nitrogens with zero attached hydrogens (tertiary/aromatic N) is 1. The van der Waals surface area contributed by atoms with Crippen molar-refractivity contribution in [2.24, 2.45) is 5.73 Å². The van der Waals surface area contributed by atoms with Gasteiger partial charge in [0.25, 0.3) is 0 Å². The Morgan fingerprint density at radius 1 is 1.22 bits per heavy atom. The van der Waals surface area contributed by atoms with Crippen LogP contribution in [-0.4, -0.2) is 11.1 Å². The van der Waals surface area contributed by atoms with E-state index in [1.165, 1.54) is 0 Å². The van der Waals surface area contributed by atoms with Gasteiger partial charge in [-0.1, -0.05) is 0 Å². The molecule has 23 heavy (non-hydrogen) atoms. The van der Waals surface area contributed by atoms with Gasteiger partial charge in [-0.2, -0.15) is 0 Å². The molecule has 0 aliphatic carbocycles. The summed E-state index contributed by atoms with van der Waals surface area (Å²) in [5, 5.41) is 0. The lowest BCUT2D eigenvalue weighted by Crippen LogP contribution is -2.20. The number of halogens is 4. The zero-order valence-electron chi connectivity index (χ0n) is 11.5. The van der Waals surface area contributed by atoms with Crippen LogP contribution < -0.4 is 11.5 Å². The van der Waals surface area contributed by atoms with Crippen LogP contribution in [0.4, 0.5) is 19.3 Å². The second-order valence-corrected chi connectivity index (χ2v) is 6.25. The van der Waals surface area contributed by atoms with E-state index in [2.05, 4.69) is 36.8 Å². The Hall–Kier alpha value is -1.74. The summed E-state index contributed by atoms with van der Waals surface area (Å²) in [5.41, 5.74) is 11.8. The van der Waals surface area contributed by atoms with E-state index in [9.17, 15) is 13.6 Å². The molecular weight excluding hydrogens is 440 g/mol. The van der Waals surface area contributed by atoms with Crippen molar-refractivity contribution in [3.63, 3.8) is 0 Å². The number of carbonyl (C=O) groups is 1. The molecule has 0 bridgehead atoms. The highest BCUT2D eigenvalue weighted by Crippen LogP contribution is 2.32. The summed E-state index contributed by atoms with van der Waals surface area (Å²) in [6.07, 6.45) is -1.99. The zero-order chi connectivity index (χ0) is 17.1. The molecule has 0 aliphatic rings. The maximum atomic E-state index is 13.3. The molecule has 2 aromatic rings. The van der Waals surface area contributed by atoms with Crippen LogP contribution in [0.1, 0.15) is 17.4 Å². The molecule has 1 atom stereocenters. The van der Waals surface area contributed by atoms with Crippen molar-refractivity contribution in [1.29, 1.82) is 0 Å². The fraction of sp³-hybridized carbons (Fsp3) is 0.143. The first kappa shape index (κ1) is 17.6. The highest BCUT2D eigenvalue weighted by molar-refractivity contribution is 9.11. The number of nitrogen functional groups attached to an aromatic ring is 1. The Labute approximate surface area is 147 Å². The Morgan fingerprint density at radius 3 is 2.39 bits per heavy atom. The van der Waals surface area contributed by atoms with E-state index in [0.29, 0.717) is 20.5 Å². The molecule has 4 N–H and O–H groups in total. The molecule has 122 valence electrons. The number of anilines is 1. The molecule has 2 rings (SSSR count). The highest BCUT2D eigenvalue weighted by atomic mass is 79.9. The van der Waals surface area contributed by atoms with Gasteiger partial charge in [0.05, 0.1) is 11.4 Å². The van der Waals surface area contributed by atoms with E-state index in [4.69, 9.17) is 16.2 Å². The first-order valence-electron chi connectivity index (χ1n) is 6.28. The Morgan fingerprint density at radius 2 is 1.83 bits per heavy atom. The van der Waals surface area contributed by atoms with Gasteiger partial charge in [0.15, 0.2) is 6.10 Å². The van der Waals surface area contributed by atoms with E-state index < -0.39 is 23.8 Å². The van der Waals surface area contributed by atoms with Crippen LogP contribution in [-0.2, 0) is 11.2 Å². The van der Waals surface area contributed by atoms with Gasteiger partial charge in [-0.05, 0) is 55.6 Å². The average Bonchev–Trinajstić information content (AvgIpc) is 2.40. The minimum Gasteiger partial charge on any atom is -0.439 e. The number of aromatic nitrogens is 1. The largest absolute Gasteiger partial charge is 0.439 e. The van der Waals surface area contributed by atoms with Crippen molar-refractivity contribution in [3.8, 4) is 0 Å². The number of pyridine rings is 1. The summed E-state index contributed by atoms with van der Waals surface area (Å²) >= 11 is 6.45. The van der Waals surface area contributed by atoms with Crippen LogP contribution in [0.25, 0.3) is 0 Å². The molecule has 5 nitrogen and oxygen atoms in total. The third kappa shape index (κ3) is 4.61. The number of amides is 1. The first-order chi connectivity index (χ1) is 10.8. The fourth-order valence-electron chi connectivity index (χ4n) is 2.00. The lowest BCUT2D eigenvalue weighted by molar-refractivity contribution is 0.104. The van der Waals surface area contributed by atoms with Gasteiger partial charge in [0.1, 0.15) is 16.2 Å². The molecule has 0 spiro atoms. The molecule has 1 aromatic carbocycles. The molecule has 1 aromatic heterocycles. The van der Waals surface area contributed by atoms with Gasteiger partial charge >= 0.3 is 6.09 Å². The molecule has 1 heterocycles. The lowest BCUT2D eigenvalue weighted by atomic mass is 10.0. The average molecular weight is 451 g/mol. The summed E-state index contributed by atoms with van der Waals surface area (Å²) < 4.78 is 32.5. The van der Waals surface area contributed by atoms with Gasteiger partial charge in [-0.25, -0.2) is 18.6 Å². The predicted octanol–water partition coefficient (Wildman–Crippen LogP) is 3.85. The lowest BCUT2D eigenvalue weighted by Gasteiger charge is -2.18. The van der Waals surface area contributed by atoms with E-state index in [1.807, 2.05) is 0 Å². The molecule has 0 saturated heterocycles. The van der Waals surface area contributed by atoms with Crippen molar-refractivity contribution >= 4 is 43.6 Å². The molecule has 1 amide bonds. The molecular formula is C14H11Br2F2N3O2. The number of hydrogen-bond donors (Lipinski definition) is 2. The van der Waals surface area contributed by atoms with Gasteiger partial charge in [-0.15, -0.1) is 0 Å². The van der Waals surface area contributed by atoms with Crippen molar-refractivity contribution in [1.82, 2.24) is 4.98 Å². The maximum Gasteiger partial charge on any atom is 0.405 e. The monoisotopic (exact) mass is 449 g/mol. The minimum absolute atomic E-state index is 0.0143. The van der Waals surface area contributed by atoms with Crippen molar-refractivity contribution in [2.45, 2.75) is 12.5 Å². The van der Waals surface area contributed by atoms with Gasteiger partial charge in [0, 0.05) is 17.0 Å². The molecule has 0 unspecified atom stereocenters. The molecule has 0 aliphatic heterocycles. The van der Waals surface area contributed by atoms with Gasteiger partial charge in [-0.3, -0.25) is 0 Å².